The molecule has 0 unspecified atom stereocenters. The number of nitrogens with zero attached hydrogens (tertiary/aromatic N) is 2. The van der Waals surface area contributed by atoms with Gasteiger partial charge in [-0.05, 0) is 18.1 Å². The maximum absolute atomic E-state index is 11.6. The van der Waals surface area contributed by atoms with E-state index < -0.39 is 6.04 Å². The van der Waals surface area contributed by atoms with E-state index in [1.54, 1.807) is 0 Å². The number of benzene rings is 1. The Morgan fingerprint density at radius 1 is 1.50 bits per heavy atom. The lowest BCUT2D eigenvalue weighted by Crippen LogP contribution is -2.64. The summed E-state index contributed by atoms with van der Waals surface area (Å²) >= 11 is 0. The zero-order valence-corrected chi connectivity index (χ0v) is 11.7. The Morgan fingerprint density at radius 2 is 2.20 bits per heavy atom. The van der Waals surface area contributed by atoms with Gasteiger partial charge in [-0.2, -0.15) is 5.26 Å². The fourth-order valence-electron chi connectivity index (χ4n) is 2.96. The third-order valence-corrected chi connectivity index (χ3v) is 3.80. The van der Waals surface area contributed by atoms with Crippen LogP contribution in [0.15, 0.2) is 30.3 Å². The van der Waals surface area contributed by atoms with E-state index in [0.29, 0.717) is 0 Å². The van der Waals surface area contributed by atoms with Crippen LogP contribution < -0.4 is 0 Å². The summed E-state index contributed by atoms with van der Waals surface area (Å²) in [7, 11) is 0. The van der Waals surface area contributed by atoms with E-state index in [-0.39, 0.29) is 24.5 Å². The molecule has 1 aliphatic rings. The predicted octanol–water partition coefficient (Wildman–Crippen LogP) is 1.92. The molecule has 1 saturated heterocycles. The van der Waals surface area contributed by atoms with Crippen LogP contribution in [0.2, 0.25) is 0 Å². The number of hydrogen-bond acceptors (Lipinski definition) is 3. The number of allylic oxidation sites excluding steroid dienone is 1. The van der Waals surface area contributed by atoms with E-state index in [1.165, 1.54) is 11.8 Å². The summed E-state index contributed by atoms with van der Waals surface area (Å²) in [5.74, 6) is -0.309. The first-order valence-corrected chi connectivity index (χ1v) is 6.66. The van der Waals surface area contributed by atoms with Crippen LogP contribution in [0.1, 0.15) is 30.9 Å². The highest BCUT2D eigenvalue weighted by atomic mass is 16.3. The van der Waals surface area contributed by atoms with Crippen LogP contribution in [0.5, 0.6) is 0 Å². The van der Waals surface area contributed by atoms with Crippen molar-refractivity contribution >= 4 is 12.0 Å². The third-order valence-electron chi connectivity index (χ3n) is 3.80. The molecule has 1 aliphatic heterocycles. The van der Waals surface area contributed by atoms with Gasteiger partial charge in [0, 0.05) is 12.8 Å². The van der Waals surface area contributed by atoms with Crippen LogP contribution in [-0.4, -0.2) is 34.6 Å². The van der Waals surface area contributed by atoms with Gasteiger partial charge in [-0.3, -0.25) is 4.79 Å². The Morgan fingerprint density at radius 3 is 2.75 bits per heavy atom. The molecule has 1 aromatic rings. The van der Waals surface area contributed by atoms with Gasteiger partial charge < -0.3 is 10.0 Å². The maximum atomic E-state index is 11.6. The van der Waals surface area contributed by atoms with Crippen LogP contribution in [-0.2, 0) is 4.79 Å². The number of amides is 1. The maximum Gasteiger partial charge on any atom is 0.220 e. The second-order valence-electron chi connectivity index (χ2n) is 4.90. The summed E-state index contributed by atoms with van der Waals surface area (Å²) in [5.41, 5.74) is 2.04. The second-order valence-corrected chi connectivity index (χ2v) is 4.90. The minimum atomic E-state index is -0.504. The van der Waals surface area contributed by atoms with Crippen molar-refractivity contribution in [3.05, 3.63) is 41.5 Å². The van der Waals surface area contributed by atoms with Crippen molar-refractivity contribution in [3.8, 4) is 6.07 Å². The molecule has 2 rings (SSSR count). The average Bonchev–Trinajstić information content (AvgIpc) is 2.40. The molecule has 3 atom stereocenters. The van der Waals surface area contributed by atoms with Gasteiger partial charge in [0.15, 0.2) is 0 Å². The first-order chi connectivity index (χ1) is 9.65. The van der Waals surface area contributed by atoms with Gasteiger partial charge in [-0.1, -0.05) is 36.4 Å². The van der Waals surface area contributed by atoms with Gasteiger partial charge in [0.2, 0.25) is 5.91 Å². The molecule has 1 aromatic carbocycles. The molecule has 0 spiro atoms. The highest BCUT2D eigenvalue weighted by Crippen LogP contribution is 2.41. The van der Waals surface area contributed by atoms with Crippen molar-refractivity contribution in [1.82, 2.24) is 4.90 Å². The standard InChI is InChI=1S/C16H18N2O2/c1-3-6-12-7-4-5-8-13(12)16-14(9-17)18(11(2)20)15(16)10-19/h3-8,14-16,19H,10H2,1-2H3/b6-3+/t14-,15-,16+/m0/s1. The lowest BCUT2D eigenvalue weighted by atomic mass is 9.74. The number of carbonyl (C=O) groups excluding carboxylic acids is 1. The Labute approximate surface area is 118 Å². The SMILES string of the molecule is C/C=C/c1ccccc1[C@@H]1[C@H](C#N)N(C(C)=O)[C@H]1CO. The molecule has 1 amide bonds. The minimum absolute atomic E-state index is 0.132. The highest BCUT2D eigenvalue weighted by Gasteiger charge is 2.50. The number of nitriles is 1. The molecule has 0 bridgehead atoms. The average molecular weight is 270 g/mol. The highest BCUT2D eigenvalue weighted by molar-refractivity contribution is 5.77. The Hall–Kier alpha value is -2.12. The number of hydrogen-bond donors (Lipinski definition) is 1. The summed E-state index contributed by atoms with van der Waals surface area (Å²) in [5, 5.41) is 18.9. The normalized spacial score (nSPS) is 25.3. The molecule has 20 heavy (non-hydrogen) atoms. The van der Waals surface area contributed by atoms with Crippen molar-refractivity contribution in [2.24, 2.45) is 0 Å². The van der Waals surface area contributed by atoms with Crippen LogP contribution in [0, 0.1) is 11.3 Å². The van der Waals surface area contributed by atoms with Crippen molar-refractivity contribution in [1.29, 1.82) is 5.26 Å². The van der Waals surface area contributed by atoms with Crippen LogP contribution >= 0.6 is 0 Å². The third kappa shape index (κ3) is 2.21. The van der Waals surface area contributed by atoms with E-state index >= 15 is 0 Å². The summed E-state index contributed by atoms with van der Waals surface area (Å²) in [4.78, 5) is 13.1. The first-order valence-electron chi connectivity index (χ1n) is 6.66. The van der Waals surface area contributed by atoms with Gasteiger partial charge >= 0.3 is 0 Å². The van der Waals surface area contributed by atoms with Crippen molar-refractivity contribution in [2.45, 2.75) is 31.8 Å². The summed E-state index contributed by atoms with van der Waals surface area (Å²) < 4.78 is 0. The number of aliphatic hydroxyl groups excluding tert-OH is 1. The van der Waals surface area contributed by atoms with E-state index in [9.17, 15) is 15.2 Å². The molecular weight excluding hydrogens is 252 g/mol. The fourth-order valence-corrected chi connectivity index (χ4v) is 2.96. The van der Waals surface area contributed by atoms with Gasteiger partial charge in [-0.15, -0.1) is 0 Å². The molecule has 0 aromatic heterocycles. The minimum Gasteiger partial charge on any atom is -0.394 e. The molecule has 1 fully saturated rings. The van der Waals surface area contributed by atoms with Gasteiger partial charge in [0.1, 0.15) is 6.04 Å². The number of carbonyl (C=O) groups is 1. The Bertz CT molecular complexity index is 574. The number of rotatable bonds is 3. The molecular formula is C16H18N2O2. The van der Waals surface area contributed by atoms with Gasteiger partial charge in [0.05, 0.1) is 18.7 Å². The van der Waals surface area contributed by atoms with Crippen LogP contribution in [0.4, 0.5) is 0 Å². The molecule has 1 heterocycles. The second kappa shape index (κ2) is 5.89. The lowest BCUT2D eigenvalue weighted by Gasteiger charge is -2.51. The number of aliphatic hydroxyl groups is 1. The largest absolute Gasteiger partial charge is 0.394 e. The molecule has 0 aliphatic carbocycles. The molecule has 4 nitrogen and oxygen atoms in total. The summed E-state index contributed by atoms with van der Waals surface area (Å²) in [6.07, 6.45) is 3.92. The summed E-state index contributed by atoms with van der Waals surface area (Å²) in [6, 6.07) is 9.17. The Balaban J connectivity index is 2.42. The molecule has 104 valence electrons. The molecule has 0 radical (unpaired) electrons. The van der Waals surface area contributed by atoms with Crippen molar-refractivity contribution in [3.63, 3.8) is 0 Å². The van der Waals surface area contributed by atoms with Crippen LogP contribution in [0.25, 0.3) is 6.08 Å². The monoisotopic (exact) mass is 270 g/mol. The smallest absolute Gasteiger partial charge is 0.220 e. The van der Waals surface area contributed by atoms with Crippen molar-refractivity contribution in [2.75, 3.05) is 6.61 Å². The van der Waals surface area contributed by atoms with Gasteiger partial charge in [-0.25, -0.2) is 0 Å². The zero-order chi connectivity index (χ0) is 14.7. The summed E-state index contributed by atoms with van der Waals surface area (Å²) in [6.45, 7) is 3.23. The van der Waals surface area contributed by atoms with E-state index in [0.717, 1.165) is 11.1 Å². The first kappa shape index (κ1) is 14.3. The fraction of sp³-hybridized carbons (Fsp3) is 0.375. The van der Waals surface area contributed by atoms with E-state index in [4.69, 9.17) is 0 Å². The van der Waals surface area contributed by atoms with Crippen molar-refractivity contribution < 1.29 is 9.90 Å². The molecule has 4 heteroatoms. The lowest BCUT2D eigenvalue weighted by molar-refractivity contribution is -0.144. The molecule has 1 N–H and O–H groups in total. The Kier molecular flexibility index (Phi) is 4.21. The molecule has 0 saturated carbocycles. The van der Waals surface area contributed by atoms with E-state index in [1.807, 2.05) is 43.3 Å². The predicted molar refractivity (Wildman–Crippen MR) is 76.7 cm³/mol. The van der Waals surface area contributed by atoms with E-state index in [2.05, 4.69) is 6.07 Å². The topological polar surface area (TPSA) is 64.3 Å². The number of likely N-dealkylation sites (tertiary alicyclic amines) is 1. The quantitative estimate of drug-likeness (QED) is 0.912. The van der Waals surface area contributed by atoms with Gasteiger partial charge in [0.25, 0.3) is 0 Å². The van der Waals surface area contributed by atoms with Crippen LogP contribution in [0.3, 0.4) is 0 Å². The zero-order valence-electron chi connectivity index (χ0n) is 11.7.